The van der Waals surface area contributed by atoms with Crippen molar-refractivity contribution in [3.05, 3.63) is 48.2 Å². The molecule has 2 aliphatic heterocycles. The first kappa shape index (κ1) is 14.8. The molecule has 0 N–H and O–H groups in total. The van der Waals surface area contributed by atoms with E-state index in [9.17, 15) is 4.79 Å². The topological polar surface area (TPSA) is 44.8 Å². The van der Waals surface area contributed by atoms with Crippen LogP contribution in [0.25, 0.3) is 0 Å². The number of carbonyl (C=O) groups is 1. The van der Waals surface area contributed by atoms with Crippen LogP contribution in [0.4, 0.5) is 0 Å². The van der Waals surface area contributed by atoms with Crippen LogP contribution < -0.4 is 0 Å². The summed E-state index contributed by atoms with van der Waals surface area (Å²) in [5.74, 6) is -0.250. The molecule has 1 saturated heterocycles. The lowest BCUT2D eigenvalue weighted by Gasteiger charge is -2.46. The Morgan fingerprint density at radius 3 is 2.91 bits per heavy atom. The maximum atomic E-state index is 12.1. The Balaban J connectivity index is 1.44. The Kier molecular flexibility index (Phi) is 3.64. The highest BCUT2D eigenvalue weighted by Crippen LogP contribution is 2.59. The van der Waals surface area contributed by atoms with Crippen LogP contribution in [0.1, 0.15) is 48.9 Å². The molecule has 23 heavy (non-hydrogen) atoms. The molecule has 1 spiro atoms. The second-order valence-electron chi connectivity index (χ2n) is 6.82. The van der Waals surface area contributed by atoms with Crippen LogP contribution >= 0.6 is 0 Å². The average Bonchev–Trinajstić information content (AvgIpc) is 2.81. The van der Waals surface area contributed by atoms with E-state index in [1.807, 2.05) is 18.2 Å². The summed E-state index contributed by atoms with van der Waals surface area (Å²) in [4.78, 5) is 12.1. The fraction of sp³-hybridized carbons (Fsp3) is 0.526. The Labute approximate surface area is 136 Å². The summed E-state index contributed by atoms with van der Waals surface area (Å²) in [5.41, 5.74) is 0.431. The third kappa shape index (κ3) is 2.45. The zero-order valence-corrected chi connectivity index (χ0v) is 13.2. The SMILES string of the molecule is O=C(OCC[C@@]12CCCC[C@@]13C=CO[C@@H](C2)O3)c1ccccc1. The smallest absolute Gasteiger partial charge is 0.338 e. The number of hydrogen-bond donors (Lipinski definition) is 0. The van der Waals surface area contributed by atoms with Crippen molar-refractivity contribution in [3.63, 3.8) is 0 Å². The van der Waals surface area contributed by atoms with Crippen LogP contribution in [0.3, 0.4) is 0 Å². The lowest BCUT2D eigenvalue weighted by atomic mass is 9.61. The Morgan fingerprint density at radius 1 is 1.22 bits per heavy atom. The molecular weight excluding hydrogens is 292 g/mol. The molecule has 0 aromatic heterocycles. The van der Waals surface area contributed by atoms with Crippen molar-refractivity contribution in [3.8, 4) is 0 Å². The average molecular weight is 314 g/mol. The highest BCUT2D eigenvalue weighted by atomic mass is 16.7. The summed E-state index contributed by atoms with van der Waals surface area (Å²) in [7, 11) is 0. The van der Waals surface area contributed by atoms with E-state index in [1.54, 1.807) is 18.4 Å². The molecule has 0 amide bonds. The first-order valence-corrected chi connectivity index (χ1v) is 8.46. The van der Waals surface area contributed by atoms with Crippen molar-refractivity contribution >= 4 is 5.97 Å². The third-order valence-corrected chi connectivity index (χ3v) is 5.64. The van der Waals surface area contributed by atoms with E-state index in [1.165, 1.54) is 12.8 Å². The quantitative estimate of drug-likeness (QED) is 0.793. The Bertz CT molecular complexity index is 611. The molecule has 1 aliphatic carbocycles. The number of hydrogen-bond acceptors (Lipinski definition) is 4. The highest BCUT2D eigenvalue weighted by Gasteiger charge is 2.60. The summed E-state index contributed by atoms with van der Waals surface area (Å²) in [5, 5.41) is 0. The molecular formula is C19H22O4. The fourth-order valence-electron chi connectivity index (χ4n) is 4.43. The summed E-state index contributed by atoms with van der Waals surface area (Å²) < 4.78 is 17.3. The number of benzene rings is 1. The van der Waals surface area contributed by atoms with Gasteiger partial charge in [-0.1, -0.05) is 31.0 Å². The molecule has 2 heterocycles. The van der Waals surface area contributed by atoms with Crippen LogP contribution in [-0.2, 0) is 14.2 Å². The number of esters is 1. The van der Waals surface area contributed by atoms with E-state index in [4.69, 9.17) is 14.2 Å². The highest BCUT2D eigenvalue weighted by molar-refractivity contribution is 5.89. The van der Waals surface area contributed by atoms with Crippen LogP contribution in [0.15, 0.2) is 42.7 Å². The van der Waals surface area contributed by atoms with Gasteiger partial charge in [0.05, 0.1) is 24.0 Å². The van der Waals surface area contributed by atoms with E-state index in [0.29, 0.717) is 12.2 Å². The molecule has 4 heteroatoms. The van der Waals surface area contributed by atoms with Crippen molar-refractivity contribution in [2.45, 2.75) is 50.4 Å². The molecule has 122 valence electrons. The molecule has 1 saturated carbocycles. The first-order valence-electron chi connectivity index (χ1n) is 8.46. The van der Waals surface area contributed by atoms with Crippen molar-refractivity contribution in [1.82, 2.24) is 0 Å². The van der Waals surface area contributed by atoms with Gasteiger partial charge < -0.3 is 14.2 Å². The van der Waals surface area contributed by atoms with E-state index in [-0.39, 0.29) is 23.3 Å². The van der Waals surface area contributed by atoms with Gasteiger partial charge in [-0.25, -0.2) is 4.79 Å². The summed E-state index contributed by atoms with van der Waals surface area (Å²) in [6.45, 7) is 0.430. The number of ether oxygens (including phenoxy) is 3. The summed E-state index contributed by atoms with van der Waals surface area (Å²) in [6.07, 6.45) is 10.0. The maximum Gasteiger partial charge on any atom is 0.338 e. The molecule has 4 rings (SSSR count). The van der Waals surface area contributed by atoms with Gasteiger partial charge in [0.25, 0.3) is 0 Å². The van der Waals surface area contributed by atoms with Gasteiger partial charge in [0.2, 0.25) is 6.29 Å². The molecule has 0 unspecified atom stereocenters. The monoisotopic (exact) mass is 314 g/mol. The van der Waals surface area contributed by atoms with Crippen LogP contribution in [-0.4, -0.2) is 24.5 Å². The van der Waals surface area contributed by atoms with Gasteiger partial charge in [0, 0.05) is 11.8 Å². The summed E-state index contributed by atoms with van der Waals surface area (Å²) in [6, 6.07) is 9.16. The standard InChI is InChI=1S/C19H22O4/c20-17(15-6-2-1-3-7-15)22-12-10-18-8-4-5-9-19(18)11-13-21-16(14-18)23-19/h1-3,6-7,11,13,16H,4-5,8-10,12,14H2/t16-,18-,19-/m1/s1. The Hall–Kier alpha value is -1.81. The largest absolute Gasteiger partial charge is 0.473 e. The van der Waals surface area contributed by atoms with Gasteiger partial charge in [-0.05, 0) is 37.5 Å². The lowest BCUT2D eigenvalue weighted by Crippen LogP contribution is -2.47. The molecule has 3 aliphatic rings. The van der Waals surface area contributed by atoms with E-state index < -0.39 is 0 Å². The molecule has 1 aromatic rings. The number of carbonyl (C=O) groups excluding carboxylic acids is 1. The predicted molar refractivity (Wildman–Crippen MR) is 84.7 cm³/mol. The first-order chi connectivity index (χ1) is 11.2. The van der Waals surface area contributed by atoms with E-state index in [0.717, 1.165) is 25.7 Å². The summed E-state index contributed by atoms with van der Waals surface area (Å²) >= 11 is 0. The second-order valence-corrected chi connectivity index (χ2v) is 6.82. The maximum absolute atomic E-state index is 12.1. The molecule has 2 fully saturated rings. The molecule has 1 aromatic carbocycles. The molecule has 0 radical (unpaired) electrons. The van der Waals surface area contributed by atoms with Gasteiger partial charge in [-0.2, -0.15) is 0 Å². The minimum absolute atomic E-state index is 0.0416. The van der Waals surface area contributed by atoms with Crippen LogP contribution in [0.2, 0.25) is 0 Å². The van der Waals surface area contributed by atoms with Gasteiger partial charge in [0.15, 0.2) is 0 Å². The van der Waals surface area contributed by atoms with Crippen molar-refractivity contribution in [1.29, 1.82) is 0 Å². The predicted octanol–water partition coefficient (Wildman–Crippen LogP) is 3.82. The second kappa shape index (κ2) is 5.68. The van der Waals surface area contributed by atoms with Crippen molar-refractivity contribution < 1.29 is 19.0 Å². The molecule has 4 nitrogen and oxygen atoms in total. The third-order valence-electron chi connectivity index (χ3n) is 5.64. The zero-order chi connectivity index (χ0) is 15.8. The minimum atomic E-state index is -0.250. The normalized spacial score (nSPS) is 34.5. The van der Waals surface area contributed by atoms with Gasteiger partial charge >= 0.3 is 5.97 Å². The fourth-order valence-corrected chi connectivity index (χ4v) is 4.43. The van der Waals surface area contributed by atoms with E-state index in [2.05, 4.69) is 6.08 Å². The zero-order valence-electron chi connectivity index (χ0n) is 13.2. The number of fused-ring (bicyclic) bond motifs is 1. The van der Waals surface area contributed by atoms with Gasteiger partial charge in [-0.3, -0.25) is 0 Å². The van der Waals surface area contributed by atoms with E-state index >= 15 is 0 Å². The lowest BCUT2D eigenvalue weighted by molar-refractivity contribution is -0.163. The molecule has 2 bridgehead atoms. The number of rotatable bonds is 4. The molecule has 3 atom stereocenters. The van der Waals surface area contributed by atoms with Crippen LogP contribution in [0, 0.1) is 5.41 Å². The van der Waals surface area contributed by atoms with Crippen molar-refractivity contribution in [2.75, 3.05) is 6.61 Å². The van der Waals surface area contributed by atoms with Gasteiger partial charge in [0.1, 0.15) is 0 Å². The van der Waals surface area contributed by atoms with Crippen molar-refractivity contribution in [2.24, 2.45) is 5.41 Å². The van der Waals surface area contributed by atoms with Gasteiger partial charge in [-0.15, -0.1) is 0 Å². The minimum Gasteiger partial charge on any atom is -0.473 e. The van der Waals surface area contributed by atoms with Crippen LogP contribution in [0.5, 0.6) is 0 Å². The Morgan fingerprint density at radius 2 is 2.04 bits per heavy atom.